The quantitative estimate of drug-likeness (QED) is 0.357. The van der Waals surface area contributed by atoms with Crippen LogP contribution in [0.5, 0.6) is 0 Å². The van der Waals surface area contributed by atoms with Crippen molar-refractivity contribution in [3.63, 3.8) is 0 Å². The van der Waals surface area contributed by atoms with Gasteiger partial charge in [-0.3, -0.25) is 4.72 Å². The number of hydrogen-bond donors (Lipinski definition) is 3. The number of nitrogens with one attached hydrogen (secondary N) is 1. The molecule has 14 heteroatoms. The Bertz CT molecular complexity index is 1490. The minimum Gasteiger partial charge on any atom is -0.478 e. The summed E-state index contributed by atoms with van der Waals surface area (Å²) in [7, 11) is -3.90. The van der Waals surface area contributed by atoms with Gasteiger partial charge in [-0.05, 0) is 55.0 Å². The second-order valence-corrected chi connectivity index (χ2v) is 10.8. The highest BCUT2D eigenvalue weighted by atomic mass is 35.5. The van der Waals surface area contributed by atoms with E-state index >= 15 is 0 Å². The predicted octanol–water partition coefficient (Wildman–Crippen LogP) is 5.11. The molecule has 1 saturated heterocycles. The fourth-order valence-electron chi connectivity index (χ4n) is 3.91. The Morgan fingerprint density at radius 2 is 1.45 bits per heavy atom. The Morgan fingerprint density at radius 3 is 1.98 bits per heavy atom. The third-order valence-electron chi connectivity index (χ3n) is 5.84. The van der Waals surface area contributed by atoms with Gasteiger partial charge in [0.15, 0.2) is 0 Å². The van der Waals surface area contributed by atoms with Gasteiger partial charge in [0, 0.05) is 26.2 Å². The zero-order chi connectivity index (χ0) is 29.7. The number of carboxylic acids is 2. The van der Waals surface area contributed by atoms with Crippen molar-refractivity contribution in [2.75, 3.05) is 40.7 Å². The Hall–Kier alpha value is -3.97. The molecule has 214 valence electrons. The summed E-state index contributed by atoms with van der Waals surface area (Å²) in [5, 5.41) is 17.2. The summed E-state index contributed by atoms with van der Waals surface area (Å²) in [5.41, 5.74) is 2.65. The van der Waals surface area contributed by atoms with Gasteiger partial charge in [-0.1, -0.05) is 35.9 Å². The number of piperazine rings is 1. The van der Waals surface area contributed by atoms with Gasteiger partial charge in [0.25, 0.3) is 10.0 Å². The van der Waals surface area contributed by atoms with Crippen LogP contribution >= 0.6 is 11.6 Å². The van der Waals surface area contributed by atoms with Crippen LogP contribution in [0.4, 0.5) is 30.2 Å². The van der Waals surface area contributed by atoms with Crippen LogP contribution in [0.2, 0.25) is 5.02 Å². The molecule has 0 aromatic heterocycles. The van der Waals surface area contributed by atoms with Gasteiger partial charge in [-0.2, -0.15) is 13.2 Å². The number of sulfonamides is 1. The van der Waals surface area contributed by atoms with Gasteiger partial charge in [0.1, 0.15) is 0 Å². The number of aliphatic carboxylic acids is 1. The maximum absolute atomic E-state index is 13.0. The Labute approximate surface area is 233 Å². The lowest BCUT2D eigenvalue weighted by atomic mass is 10.1. The first kappa shape index (κ1) is 30.6. The van der Waals surface area contributed by atoms with E-state index in [1.54, 1.807) is 18.2 Å². The first-order chi connectivity index (χ1) is 18.7. The molecule has 0 atom stereocenters. The highest BCUT2D eigenvalue weighted by molar-refractivity contribution is 7.92. The summed E-state index contributed by atoms with van der Waals surface area (Å²) >= 11 is 6.34. The van der Waals surface area contributed by atoms with E-state index in [1.807, 2.05) is 42.2 Å². The fraction of sp³-hybridized carbons (Fsp3) is 0.231. The second-order valence-electron chi connectivity index (χ2n) is 8.69. The molecule has 4 rings (SSSR count). The molecule has 1 heterocycles. The van der Waals surface area contributed by atoms with Crippen LogP contribution in [-0.2, 0) is 14.8 Å². The number of benzene rings is 3. The lowest BCUT2D eigenvalue weighted by molar-refractivity contribution is -0.192. The Balaban J connectivity index is 0.000000559. The van der Waals surface area contributed by atoms with E-state index in [2.05, 4.69) is 9.62 Å². The number of carbonyl (C=O) groups is 2. The normalized spacial score (nSPS) is 13.7. The number of halogens is 4. The molecule has 1 fully saturated rings. The van der Waals surface area contributed by atoms with E-state index in [9.17, 15) is 31.5 Å². The lowest BCUT2D eigenvalue weighted by Crippen LogP contribution is -2.46. The molecular formula is C26H25ClF3N3O6S. The van der Waals surface area contributed by atoms with Crippen molar-refractivity contribution in [2.45, 2.75) is 18.0 Å². The summed E-state index contributed by atoms with van der Waals surface area (Å²) in [4.78, 5) is 24.8. The summed E-state index contributed by atoms with van der Waals surface area (Å²) in [6.07, 6.45) is -5.08. The highest BCUT2D eigenvalue weighted by Crippen LogP contribution is 2.32. The molecule has 1 aliphatic heterocycles. The predicted molar refractivity (Wildman–Crippen MR) is 145 cm³/mol. The van der Waals surface area contributed by atoms with Crippen molar-refractivity contribution < 1.29 is 41.4 Å². The van der Waals surface area contributed by atoms with E-state index < -0.39 is 28.1 Å². The number of rotatable bonds is 6. The number of para-hydroxylation sites is 1. The van der Waals surface area contributed by atoms with Crippen LogP contribution < -0.4 is 14.5 Å². The molecule has 0 spiro atoms. The van der Waals surface area contributed by atoms with Crippen LogP contribution in [0.25, 0.3) is 0 Å². The van der Waals surface area contributed by atoms with E-state index in [-0.39, 0.29) is 16.1 Å². The smallest absolute Gasteiger partial charge is 0.478 e. The molecule has 0 unspecified atom stereocenters. The van der Waals surface area contributed by atoms with E-state index in [1.165, 1.54) is 18.2 Å². The fourth-order valence-corrected chi connectivity index (χ4v) is 5.33. The zero-order valence-electron chi connectivity index (χ0n) is 21.0. The minimum atomic E-state index is -5.08. The van der Waals surface area contributed by atoms with Crippen molar-refractivity contribution in [1.29, 1.82) is 0 Å². The highest BCUT2D eigenvalue weighted by Gasteiger charge is 2.38. The zero-order valence-corrected chi connectivity index (χ0v) is 22.6. The molecule has 0 aliphatic carbocycles. The summed E-state index contributed by atoms with van der Waals surface area (Å²) in [6.45, 7) is 4.44. The van der Waals surface area contributed by atoms with Gasteiger partial charge < -0.3 is 20.0 Å². The molecular weight excluding hydrogens is 575 g/mol. The molecule has 3 aromatic carbocycles. The topological polar surface area (TPSA) is 127 Å². The molecule has 3 aromatic rings. The van der Waals surface area contributed by atoms with E-state index in [4.69, 9.17) is 21.5 Å². The first-order valence-corrected chi connectivity index (χ1v) is 13.6. The first-order valence-electron chi connectivity index (χ1n) is 11.7. The number of alkyl halides is 3. The van der Waals surface area contributed by atoms with Gasteiger partial charge in [0.2, 0.25) is 0 Å². The Kier molecular flexibility index (Phi) is 9.53. The average Bonchev–Trinajstić information content (AvgIpc) is 2.89. The molecule has 1 aliphatic rings. The summed E-state index contributed by atoms with van der Waals surface area (Å²) < 4.78 is 60.4. The SMILES string of the molecule is Cc1cccc(S(=O)(=O)Nc2cc(C(=O)O)ccc2N2CCN(c3ccccc3Cl)CC2)c1.O=C(O)C(F)(F)F. The maximum atomic E-state index is 13.0. The van der Waals surface area contributed by atoms with Crippen LogP contribution in [0.15, 0.2) is 71.6 Å². The number of aryl methyl sites for hydroxylation is 1. The van der Waals surface area contributed by atoms with Crippen molar-refractivity contribution in [2.24, 2.45) is 0 Å². The average molecular weight is 600 g/mol. The van der Waals surface area contributed by atoms with Gasteiger partial charge in [0.05, 0.1) is 32.5 Å². The standard InChI is InChI=1S/C24H24ClN3O4S.C2HF3O2/c1-17-5-4-6-19(15-17)33(31,32)26-21-16-18(24(29)30)9-10-23(21)28-13-11-27(12-14-28)22-8-3-2-7-20(22)25;3-2(4,5)1(6)7/h2-10,15-16,26H,11-14H2,1H3,(H,29,30);(H,6,7). The number of nitrogens with zero attached hydrogens (tertiary/aromatic N) is 2. The third-order valence-corrected chi connectivity index (χ3v) is 7.53. The monoisotopic (exact) mass is 599 g/mol. The molecule has 0 saturated carbocycles. The largest absolute Gasteiger partial charge is 0.490 e. The van der Waals surface area contributed by atoms with Crippen molar-refractivity contribution in [1.82, 2.24) is 0 Å². The Morgan fingerprint density at radius 1 is 0.875 bits per heavy atom. The molecule has 40 heavy (non-hydrogen) atoms. The third kappa shape index (κ3) is 7.79. The van der Waals surface area contributed by atoms with Gasteiger partial charge in [-0.15, -0.1) is 0 Å². The van der Waals surface area contributed by atoms with Crippen LogP contribution in [0.3, 0.4) is 0 Å². The van der Waals surface area contributed by atoms with E-state index in [0.29, 0.717) is 36.9 Å². The van der Waals surface area contributed by atoms with Crippen molar-refractivity contribution >= 4 is 50.6 Å². The lowest BCUT2D eigenvalue weighted by Gasteiger charge is -2.38. The summed E-state index contributed by atoms with van der Waals surface area (Å²) in [5.74, 6) is -3.88. The molecule has 0 radical (unpaired) electrons. The summed E-state index contributed by atoms with van der Waals surface area (Å²) in [6, 6.07) is 18.7. The van der Waals surface area contributed by atoms with Gasteiger partial charge in [-0.25, -0.2) is 18.0 Å². The minimum absolute atomic E-state index is 0.00963. The molecule has 0 bridgehead atoms. The van der Waals surface area contributed by atoms with Crippen molar-refractivity contribution in [3.8, 4) is 0 Å². The van der Waals surface area contributed by atoms with Crippen LogP contribution in [0, 0.1) is 6.92 Å². The van der Waals surface area contributed by atoms with Gasteiger partial charge >= 0.3 is 18.1 Å². The van der Waals surface area contributed by atoms with Crippen LogP contribution in [-0.4, -0.2) is 62.9 Å². The van der Waals surface area contributed by atoms with Crippen LogP contribution in [0.1, 0.15) is 15.9 Å². The number of hydrogen-bond acceptors (Lipinski definition) is 6. The molecule has 9 nitrogen and oxygen atoms in total. The maximum Gasteiger partial charge on any atom is 0.490 e. The van der Waals surface area contributed by atoms with E-state index in [0.717, 1.165) is 11.3 Å². The number of carboxylic acid groups (broad SMARTS) is 2. The number of aromatic carboxylic acids is 1. The second kappa shape index (κ2) is 12.5. The molecule has 3 N–H and O–H groups in total. The molecule has 0 amide bonds. The number of anilines is 3. The van der Waals surface area contributed by atoms with Crippen molar-refractivity contribution in [3.05, 3.63) is 82.9 Å².